The number of allylic oxidation sites excluding steroid dienone is 2. The van der Waals surface area contributed by atoms with Crippen LogP contribution >= 0.6 is 0 Å². The molecule has 5 heteroatoms. The number of hydrogen-bond donors (Lipinski definition) is 0. The van der Waals surface area contributed by atoms with E-state index in [4.69, 9.17) is 9.16 Å². The summed E-state index contributed by atoms with van der Waals surface area (Å²) in [6, 6.07) is 0. The van der Waals surface area contributed by atoms with Crippen LogP contribution in [0.4, 0.5) is 0 Å². The van der Waals surface area contributed by atoms with Gasteiger partial charge in [0.05, 0.1) is 13.2 Å². The summed E-state index contributed by atoms with van der Waals surface area (Å²) in [5.41, 5.74) is -1.45. The van der Waals surface area contributed by atoms with E-state index in [0.29, 0.717) is 0 Å². The van der Waals surface area contributed by atoms with Crippen LogP contribution in [0.15, 0.2) is 12.2 Å². The molecule has 4 nitrogen and oxygen atoms in total. The average molecular weight is 367 g/mol. The number of ketones is 1. The van der Waals surface area contributed by atoms with Crippen molar-refractivity contribution in [2.75, 3.05) is 7.11 Å². The highest BCUT2D eigenvalue weighted by molar-refractivity contribution is 6.74. The van der Waals surface area contributed by atoms with E-state index in [1.54, 1.807) is 6.08 Å². The molecule has 0 N–H and O–H groups in total. The molecule has 0 aliphatic heterocycles. The summed E-state index contributed by atoms with van der Waals surface area (Å²) in [6.07, 6.45) is 5.67. The Morgan fingerprint density at radius 2 is 1.84 bits per heavy atom. The SMILES string of the molecule is COC(=O)[C@]12C(=O)C=CC(C)(C)[C@H]1CCC[C@@H]2O[Si](C)(C)C(C)(C)C. The summed E-state index contributed by atoms with van der Waals surface area (Å²) in [6.45, 7) is 15.1. The molecule has 0 bridgehead atoms. The summed E-state index contributed by atoms with van der Waals surface area (Å²) in [5, 5.41) is 0.0142. The van der Waals surface area contributed by atoms with Crippen LogP contribution in [0.25, 0.3) is 0 Å². The standard InChI is InChI=1S/C20H34O4Si/c1-18(2,3)25(7,8)24-16-11-9-10-14-19(4,5)13-12-15(21)20(14,16)17(22)23-6/h12-14,16H,9-11H2,1-8H3/t14-,16+,20+/m1/s1. The van der Waals surface area contributed by atoms with Crippen molar-refractivity contribution in [1.82, 2.24) is 0 Å². The van der Waals surface area contributed by atoms with Gasteiger partial charge >= 0.3 is 5.97 Å². The van der Waals surface area contributed by atoms with Gasteiger partial charge in [0, 0.05) is 0 Å². The molecule has 0 saturated heterocycles. The van der Waals surface area contributed by atoms with Crippen LogP contribution < -0.4 is 0 Å². The maximum atomic E-state index is 13.1. The number of hydrogen-bond acceptors (Lipinski definition) is 4. The van der Waals surface area contributed by atoms with E-state index in [2.05, 4.69) is 47.7 Å². The quantitative estimate of drug-likeness (QED) is 0.419. The summed E-state index contributed by atoms with van der Waals surface area (Å²) < 4.78 is 11.9. The minimum atomic E-state index is -2.13. The molecule has 0 aromatic heterocycles. The van der Waals surface area contributed by atoms with E-state index in [9.17, 15) is 9.59 Å². The minimum absolute atomic E-state index is 0.0142. The first-order chi connectivity index (χ1) is 11.3. The Morgan fingerprint density at radius 3 is 2.36 bits per heavy atom. The van der Waals surface area contributed by atoms with Crippen LogP contribution in [0.1, 0.15) is 53.9 Å². The molecular weight excluding hydrogens is 332 g/mol. The minimum Gasteiger partial charge on any atom is -0.468 e. The Bertz CT molecular complexity index is 585. The number of carbonyl (C=O) groups is 2. The van der Waals surface area contributed by atoms with Gasteiger partial charge in [-0.3, -0.25) is 9.59 Å². The summed E-state index contributed by atoms with van der Waals surface area (Å²) in [7, 11) is -0.755. The second-order valence-electron chi connectivity index (χ2n) is 9.73. The molecule has 2 aliphatic rings. The number of fused-ring (bicyclic) bond motifs is 1. The van der Waals surface area contributed by atoms with Gasteiger partial charge in [-0.1, -0.05) is 47.1 Å². The van der Waals surface area contributed by atoms with Gasteiger partial charge in [0.25, 0.3) is 0 Å². The van der Waals surface area contributed by atoms with Gasteiger partial charge in [-0.15, -0.1) is 0 Å². The van der Waals surface area contributed by atoms with Crippen molar-refractivity contribution in [3.8, 4) is 0 Å². The molecule has 0 radical (unpaired) electrons. The molecule has 2 rings (SSSR count). The summed E-state index contributed by atoms with van der Waals surface area (Å²) in [4.78, 5) is 26.2. The zero-order chi connectivity index (χ0) is 19.3. The highest BCUT2D eigenvalue weighted by Crippen LogP contribution is 2.56. The van der Waals surface area contributed by atoms with Crippen LogP contribution in [0, 0.1) is 16.7 Å². The number of carbonyl (C=O) groups excluding carboxylic acids is 2. The van der Waals surface area contributed by atoms with E-state index in [-0.39, 0.29) is 22.2 Å². The van der Waals surface area contributed by atoms with E-state index in [1.165, 1.54) is 7.11 Å². The van der Waals surface area contributed by atoms with E-state index in [0.717, 1.165) is 19.3 Å². The number of ether oxygens (including phenoxy) is 1. The van der Waals surface area contributed by atoms with Crippen molar-refractivity contribution < 1.29 is 18.8 Å². The van der Waals surface area contributed by atoms with Crippen LogP contribution in [-0.2, 0) is 18.8 Å². The average Bonchev–Trinajstić information content (AvgIpc) is 2.49. The van der Waals surface area contributed by atoms with Crippen molar-refractivity contribution in [2.24, 2.45) is 16.7 Å². The normalized spacial score (nSPS) is 32.2. The topological polar surface area (TPSA) is 52.6 Å². The highest BCUT2D eigenvalue weighted by atomic mass is 28.4. The third-order valence-corrected chi connectivity index (χ3v) is 11.2. The highest BCUT2D eigenvalue weighted by Gasteiger charge is 2.65. The number of esters is 1. The molecule has 0 amide bonds. The van der Waals surface area contributed by atoms with E-state index < -0.39 is 25.8 Å². The maximum absolute atomic E-state index is 13.1. The van der Waals surface area contributed by atoms with Gasteiger partial charge in [0.15, 0.2) is 19.5 Å². The summed E-state index contributed by atoms with van der Waals surface area (Å²) in [5.74, 6) is -0.663. The molecule has 142 valence electrons. The van der Waals surface area contributed by atoms with Gasteiger partial charge in [0.1, 0.15) is 0 Å². The lowest BCUT2D eigenvalue weighted by molar-refractivity contribution is -0.179. The fourth-order valence-electron chi connectivity index (χ4n) is 4.25. The molecule has 2 aliphatic carbocycles. The molecule has 0 heterocycles. The number of rotatable bonds is 3. The monoisotopic (exact) mass is 366 g/mol. The number of methoxy groups -OCH3 is 1. The van der Waals surface area contributed by atoms with Gasteiger partial charge in [-0.2, -0.15) is 0 Å². The summed E-state index contributed by atoms with van der Waals surface area (Å²) >= 11 is 0. The van der Waals surface area contributed by atoms with Crippen molar-refractivity contribution in [2.45, 2.75) is 78.1 Å². The first-order valence-corrected chi connectivity index (χ1v) is 12.2. The van der Waals surface area contributed by atoms with E-state index in [1.807, 2.05) is 6.08 Å². The fourth-order valence-corrected chi connectivity index (χ4v) is 5.62. The first-order valence-electron chi connectivity index (χ1n) is 9.30. The lowest BCUT2D eigenvalue weighted by Crippen LogP contribution is -2.64. The lowest BCUT2D eigenvalue weighted by atomic mass is 9.51. The van der Waals surface area contributed by atoms with E-state index >= 15 is 0 Å². The Hall–Kier alpha value is -0.943. The molecular formula is C20H34O4Si. The zero-order valence-corrected chi connectivity index (χ0v) is 18.1. The van der Waals surface area contributed by atoms with Gasteiger partial charge in [-0.25, -0.2) is 0 Å². The maximum Gasteiger partial charge on any atom is 0.322 e. The largest absolute Gasteiger partial charge is 0.468 e. The van der Waals surface area contributed by atoms with Crippen molar-refractivity contribution >= 4 is 20.1 Å². The van der Waals surface area contributed by atoms with Gasteiger partial charge < -0.3 is 9.16 Å². The molecule has 1 fully saturated rings. The second-order valence-corrected chi connectivity index (χ2v) is 14.5. The van der Waals surface area contributed by atoms with Crippen LogP contribution in [0.2, 0.25) is 18.1 Å². The Morgan fingerprint density at radius 1 is 1.24 bits per heavy atom. The molecule has 1 saturated carbocycles. The Balaban J connectivity index is 2.58. The van der Waals surface area contributed by atoms with Crippen LogP contribution in [-0.4, -0.2) is 33.3 Å². The van der Waals surface area contributed by atoms with Crippen LogP contribution in [0.3, 0.4) is 0 Å². The lowest BCUT2D eigenvalue weighted by Gasteiger charge is -2.54. The smallest absolute Gasteiger partial charge is 0.322 e. The Labute approximate surface area is 153 Å². The van der Waals surface area contributed by atoms with Crippen LogP contribution in [0.5, 0.6) is 0 Å². The predicted octanol–water partition coefficient (Wildman–Crippen LogP) is 4.50. The molecule has 0 aromatic carbocycles. The predicted molar refractivity (Wildman–Crippen MR) is 102 cm³/mol. The first kappa shape index (κ1) is 20.4. The fraction of sp³-hybridized carbons (Fsp3) is 0.800. The molecule has 0 spiro atoms. The van der Waals surface area contributed by atoms with Gasteiger partial charge in [-0.05, 0) is 48.4 Å². The van der Waals surface area contributed by atoms with Crippen molar-refractivity contribution in [3.63, 3.8) is 0 Å². The Kier molecular flexibility index (Phi) is 5.17. The second kappa shape index (κ2) is 6.34. The van der Waals surface area contributed by atoms with Crippen molar-refractivity contribution in [3.05, 3.63) is 12.2 Å². The zero-order valence-electron chi connectivity index (χ0n) is 17.1. The third-order valence-electron chi connectivity index (χ3n) is 6.75. The van der Waals surface area contributed by atoms with Crippen molar-refractivity contribution in [1.29, 1.82) is 0 Å². The molecule has 0 aromatic rings. The van der Waals surface area contributed by atoms with Gasteiger partial charge in [0.2, 0.25) is 0 Å². The third kappa shape index (κ3) is 3.14. The molecule has 3 atom stereocenters. The molecule has 25 heavy (non-hydrogen) atoms. The molecule has 0 unspecified atom stereocenters.